The summed E-state index contributed by atoms with van der Waals surface area (Å²) < 4.78 is 6.34. The largest absolute Gasteiger partial charge is 0.486 e. The zero-order valence-corrected chi connectivity index (χ0v) is 13.7. The van der Waals surface area contributed by atoms with E-state index in [1.165, 1.54) is 0 Å². The summed E-state index contributed by atoms with van der Waals surface area (Å²) in [4.78, 5) is 27.2. The Balaban J connectivity index is 1.60. The Morgan fingerprint density at radius 3 is 2.78 bits per heavy atom. The summed E-state index contributed by atoms with van der Waals surface area (Å²) in [6.07, 6.45) is 2.31. The first-order valence-electron chi connectivity index (χ1n) is 8.71. The minimum atomic E-state index is -0.441. The molecule has 2 aliphatic carbocycles. The Labute approximate surface area is 136 Å². The summed E-state index contributed by atoms with van der Waals surface area (Å²) in [7, 11) is 0. The molecule has 0 radical (unpaired) electrons. The number of hydrogen-bond donors (Lipinski definition) is 0. The second kappa shape index (κ2) is 5.08. The molecule has 1 spiro atoms. The minimum absolute atomic E-state index is 0.0571. The van der Waals surface area contributed by atoms with Crippen molar-refractivity contribution in [2.24, 2.45) is 17.8 Å². The maximum absolute atomic E-state index is 12.7. The maximum Gasteiger partial charge on any atom is 0.226 e. The van der Waals surface area contributed by atoms with Crippen LogP contribution in [0.3, 0.4) is 0 Å². The van der Waals surface area contributed by atoms with E-state index in [4.69, 9.17) is 4.74 Å². The molecular formula is C19H23NO3. The molecule has 1 aromatic rings. The second-order valence-corrected chi connectivity index (χ2v) is 7.03. The van der Waals surface area contributed by atoms with Crippen molar-refractivity contribution in [1.29, 1.82) is 0 Å². The minimum Gasteiger partial charge on any atom is -0.486 e. The van der Waals surface area contributed by atoms with Gasteiger partial charge in [-0.05, 0) is 44.7 Å². The first-order valence-corrected chi connectivity index (χ1v) is 8.71. The van der Waals surface area contributed by atoms with Crippen molar-refractivity contribution in [3.63, 3.8) is 0 Å². The van der Waals surface area contributed by atoms with Gasteiger partial charge in [-0.2, -0.15) is 0 Å². The molecule has 1 aromatic carbocycles. The van der Waals surface area contributed by atoms with E-state index in [0.29, 0.717) is 23.7 Å². The lowest BCUT2D eigenvalue weighted by atomic mass is 9.84. The van der Waals surface area contributed by atoms with Gasteiger partial charge in [0.15, 0.2) is 5.78 Å². The number of fused-ring (bicyclic) bond motifs is 3. The zero-order chi connectivity index (χ0) is 16.2. The van der Waals surface area contributed by atoms with E-state index in [0.717, 1.165) is 25.9 Å². The molecule has 1 heterocycles. The SMILES string of the molecule is CCN(CC)C(=O)[C@@H]1[C@@H]2CC[C@@]3(CC(=O)c4ccccc4O3)[C@@H]21. The fraction of sp³-hybridized carbons (Fsp3) is 0.579. The van der Waals surface area contributed by atoms with Crippen molar-refractivity contribution in [3.8, 4) is 5.75 Å². The van der Waals surface area contributed by atoms with E-state index in [1.54, 1.807) is 0 Å². The van der Waals surface area contributed by atoms with Crippen LogP contribution in [-0.2, 0) is 4.79 Å². The summed E-state index contributed by atoms with van der Waals surface area (Å²) in [5.41, 5.74) is 0.248. The predicted molar refractivity (Wildman–Crippen MR) is 86.4 cm³/mol. The van der Waals surface area contributed by atoms with Gasteiger partial charge < -0.3 is 9.64 Å². The first-order chi connectivity index (χ1) is 11.1. The predicted octanol–water partition coefficient (Wildman–Crippen LogP) is 2.92. The number of ether oxygens (including phenoxy) is 1. The van der Waals surface area contributed by atoms with Gasteiger partial charge in [0.2, 0.25) is 5.91 Å². The third-order valence-electron chi connectivity index (χ3n) is 6.00. The standard InChI is InChI=1S/C19H23NO3/c1-3-20(4-2)18(22)16-13-9-10-19(17(13)16)11-14(21)12-7-5-6-8-15(12)23-19/h5-8,13,16-17H,3-4,9-11H2,1-2H3/t13-,16+,17-,19+/m0/s1. The van der Waals surface area contributed by atoms with Gasteiger partial charge in [0.25, 0.3) is 0 Å². The van der Waals surface area contributed by atoms with E-state index in [2.05, 4.69) is 0 Å². The molecule has 2 saturated carbocycles. The molecule has 2 fully saturated rings. The molecule has 1 amide bonds. The fourth-order valence-corrected chi connectivity index (χ4v) is 4.84. The highest BCUT2D eigenvalue weighted by Crippen LogP contribution is 2.66. The van der Waals surface area contributed by atoms with Gasteiger partial charge in [0.05, 0.1) is 12.0 Å². The molecule has 0 aromatic heterocycles. The average molecular weight is 313 g/mol. The van der Waals surface area contributed by atoms with Crippen LogP contribution in [0.25, 0.3) is 0 Å². The van der Waals surface area contributed by atoms with Gasteiger partial charge in [0, 0.05) is 24.9 Å². The molecule has 4 rings (SSSR count). The van der Waals surface area contributed by atoms with Crippen molar-refractivity contribution >= 4 is 11.7 Å². The van der Waals surface area contributed by atoms with Gasteiger partial charge in [-0.3, -0.25) is 9.59 Å². The Morgan fingerprint density at radius 2 is 2.04 bits per heavy atom. The van der Waals surface area contributed by atoms with E-state index in [1.807, 2.05) is 43.0 Å². The van der Waals surface area contributed by atoms with Gasteiger partial charge >= 0.3 is 0 Å². The molecule has 1 aliphatic heterocycles. The fourth-order valence-electron chi connectivity index (χ4n) is 4.84. The maximum atomic E-state index is 12.7. The number of carbonyl (C=O) groups excluding carboxylic acids is 2. The van der Waals surface area contributed by atoms with Crippen LogP contribution in [0.5, 0.6) is 5.75 Å². The van der Waals surface area contributed by atoms with Crippen molar-refractivity contribution < 1.29 is 14.3 Å². The molecule has 4 atom stereocenters. The molecule has 122 valence electrons. The van der Waals surface area contributed by atoms with E-state index >= 15 is 0 Å². The second-order valence-electron chi connectivity index (χ2n) is 7.03. The highest BCUT2D eigenvalue weighted by atomic mass is 16.5. The van der Waals surface area contributed by atoms with Crippen LogP contribution < -0.4 is 4.74 Å². The molecule has 4 nitrogen and oxygen atoms in total. The third-order valence-corrected chi connectivity index (χ3v) is 6.00. The van der Waals surface area contributed by atoms with Gasteiger partial charge in [-0.1, -0.05) is 12.1 Å². The number of ketones is 1. The van der Waals surface area contributed by atoms with Crippen LogP contribution >= 0.6 is 0 Å². The Kier molecular flexibility index (Phi) is 3.26. The molecule has 0 bridgehead atoms. The molecule has 23 heavy (non-hydrogen) atoms. The first kappa shape index (κ1) is 14.7. The Bertz CT molecular complexity index is 666. The topological polar surface area (TPSA) is 46.6 Å². The monoisotopic (exact) mass is 313 g/mol. The van der Waals surface area contributed by atoms with Crippen molar-refractivity contribution in [1.82, 2.24) is 4.90 Å². The van der Waals surface area contributed by atoms with Crippen LogP contribution in [0.2, 0.25) is 0 Å². The normalized spacial score (nSPS) is 33.8. The lowest BCUT2D eigenvalue weighted by Gasteiger charge is -2.37. The van der Waals surface area contributed by atoms with E-state index in [-0.39, 0.29) is 23.5 Å². The smallest absolute Gasteiger partial charge is 0.226 e. The molecule has 0 saturated heterocycles. The van der Waals surface area contributed by atoms with Crippen LogP contribution in [0.1, 0.15) is 43.5 Å². The van der Waals surface area contributed by atoms with Crippen LogP contribution in [0.15, 0.2) is 24.3 Å². The summed E-state index contributed by atoms with van der Waals surface area (Å²) in [5, 5.41) is 0. The highest BCUT2D eigenvalue weighted by molar-refractivity contribution is 6.00. The van der Waals surface area contributed by atoms with Crippen LogP contribution in [0.4, 0.5) is 0 Å². The third kappa shape index (κ3) is 2.03. The van der Waals surface area contributed by atoms with Crippen LogP contribution in [0, 0.1) is 17.8 Å². The lowest BCUT2D eigenvalue weighted by Crippen LogP contribution is -2.45. The Morgan fingerprint density at radius 1 is 1.30 bits per heavy atom. The molecular weight excluding hydrogens is 290 g/mol. The highest BCUT2D eigenvalue weighted by Gasteiger charge is 2.70. The summed E-state index contributed by atoms with van der Waals surface area (Å²) in [6.45, 7) is 5.54. The number of hydrogen-bond acceptors (Lipinski definition) is 3. The average Bonchev–Trinajstić information content (AvgIpc) is 3.20. The summed E-state index contributed by atoms with van der Waals surface area (Å²) in [6, 6.07) is 7.50. The summed E-state index contributed by atoms with van der Waals surface area (Å²) >= 11 is 0. The quantitative estimate of drug-likeness (QED) is 0.862. The van der Waals surface area contributed by atoms with Crippen LogP contribution in [-0.4, -0.2) is 35.3 Å². The van der Waals surface area contributed by atoms with Crippen molar-refractivity contribution in [3.05, 3.63) is 29.8 Å². The summed E-state index contributed by atoms with van der Waals surface area (Å²) in [5.74, 6) is 1.79. The van der Waals surface area contributed by atoms with Gasteiger partial charge in [-0.25, -0.2) is 0 Å². The van der Waals surface area contributed by atoms with Crippen molar-refractivity contribution in [2.75, 3.05) is 13.1 Å². The number of Topliss-reactive ketones (excluding diaryl/α,β-unsaturated/α-hetero) is 1. The number of para-hydroxylation sites is 1. The number of carbonyl (C=O) groups is 2. The number of amides is 1. The van der Waals surface area contributed by atoms with Gasteiger partial charge in [0.1, 0.15) is 11.4 Å². The van der Waals surface area contributed by atoms with E-state index in [9.17, 15) is 9.59 Å². The molecule has 4 heteroatoms. The number of rotatable bonds is 3. The van der Waals surface area contributed by atoms with E-state index < -0.39 is 5.60 Å². The number of nitrogens with zero attached hydrogens (tertiary/aromatic N) is 1. The van der Waals surface area contributed by atoms with Crippen molar-refractivity contribution in [2.45, 2.75) is 38.7 Å². The zero-order valence-electron chi connectivity index (χ0n) is 13.7. The molecule has 3 aliphatic rings. The molecule has 0 unspecified atom stereocenters. The molecule has 0 N–H and O–H groups in total. The number of benzene rings is 1. The Hall–Kier alpha value is -1.84. The lowest BCUT2D eigenvalue weighted by molar-refractivity contribution is -0.134. The van der Waals surface area contributed by atoms with Gasteiger partial charge in [-0.15, -0.1) is 0 Å².